The molecule has 2 nitrogen and oxygen atoms in total. The Morgan fingerprint density at radius 1 is 1.12 bits per heavy atom. The van der Waals surface area contributed by atoms with E-state index in [1.165, 1.54) is 12.8 Å². The molecule has 1 fully saturated rings. The highest BCUT2D eigenvalue weighted by atomic mass is 16.3. The van der Waals surface area contributed by atoms with Crippen LogP contribution in [0.1, 0.15) is 18.4 Å². The molecule has 3 rings (SSSR count). The molecule has 0 bridgehead atoms. The second kappa shape index (κ2) is 3.63. The smallest absolute Gasteiger partial charge is 0.124 e. The number of hydrogen-bond donors (Lipinski definition) is 1. The van der Waals surface area contributed by atoms with Crippen molar-refractivity contribution in [1.29, 1.82) is 0 Å². The quantitative estimate of drug-likeness (QED) is 0.760. The summed E-state index contributed by atoms with van der Waals surface area (Å²) in [6.45, 7) is 0. The molecule has 0 unspecified atom stereocenters. The minimum atomic E-state index is 0.308. The fourth-order valence-corrected chi connectivity index (χ4v) is 1.82. The molecule has 0 atom stereocenters. The molecular weight excluding hydrogens is 198 g/mol. The van der Waals surface area contributed by atoms with Crippen molar-refractivity contribution in [3.05, 3.63) is 42.0 Å². The SMILES string of the molecule is Oc1ccc2ccccc2c1C=NC1CC1. The zero-order chi connectivity index (χ0) is 11.0. The normalized spacial score (nSPS) is 16.0. The van der Waals surface area contributed by atoms with Crippen molar-refractivity contribution in [1.82, 2.24) is 0 Å². The lowest BCUT2D eigenvalue weighted by molar-refractivity contribution is 0.475. The van der Waals surface area contributed by atoms with E-state index >= 15 is 0 Å². The standard InChI is InChI=1S/C14H13NO/c16-14-8-5-10-3-1-2-4-12(10)13(14)9-15-11-6-7-11/h1-5,8-9,11,16H,6-7H2. The summed E-state index contributed by atoms with van der Waals surface area (Å²) in [5, 5.41) is 12.0. The third kappa shape index (κ3) is 1.67. The highest BCUT2D eigenvalue weighted by Gasteiger charge is 2.19. The van der Waals surface area contributed by atoms with Crippen LogP contribution in [0.25, 0.3) is 10.8 Å². The van der Waals surface area contributed by atoms with E-state index in [0.717, 1.165) is 16.3 Å². The Bertz CT molecular complexity index is 556. The molecule has 0 amide bonds. The summed E-state index contributed by atoms with van der Waals surface area (Å²) in [4.78, 5) is 4.43. The van der Waals surface area contributed by atoms with Crippen LogP contribution in [0.15, 0.2) is 41.4 Å². The lowest BCUT2D eigenvalue weighted by atomic mass is 10.0. The Balaban J connectivity index is 2.15. The molecule has 2 aromatic rings. The van der Waals surface area contributed by atoms with Crippen LogP contribution in [0, 0.1) is 0 Å². The Hall–Kier alpha value is -1.83. The second-order valence-corrected chi connectivity index (χ2v) is 4.23. The van der Waals surface area contributed by atoms with Crippen LogP contribution >= 0.6 is 0 Å². The molecule has 0 radical (unpaired) electrons. The fourth-order valence-electron chi connectivity index (χ4n) is 1.82. The minimum Gasteiger partial charge on any atom is -0.507 e. The number of phenols is 1. The van der Waals surface area contributed by atoms with Crippen molar-refractivity contribution in [2.75, 3.05) is 0 Å². The van der Waals surface area contributed by atoms with Crippen LogP contribution in [0.4, 0.5) is 0 Å². The molecule has 1 aliphatic carbocycles. The van der Waals surface area contributed by atoms with Crippen LogP contribution in [-0.4, -0.2) is 17.4 Å². The Labute approximate surface area is 94.3 Å². The van der Waals surface area contributed by atoms with Gasteiger partial charge in [-0.05, 0) is 29.7 Å². The molecule has 2 aromatic carbocycles. The van der Waals surface area contributed by atoms with Gasteiger partial charge in [0.15, 0.2) is 0 Å². The monoisotopic (exact) mass is 211 g/mol. The molecule has 1 aliphatic rings. The number of phenolic OH excluding ortho intramolecular Hbond substituents is 1. The van der Waals surface area contributed by atoms with Gasteiger partial charge in [-0.1, -0.05) is 30.3 Å². The van der Waals surface area contributed by atoms with Gasteiger partial charge >= 0.3 is 0 Å². The van der Waals surface area contributed by atoms with Crippen LogP contribution in [0.3, 0.4) is 0 Å². The highest BCUT2D eigenvalue weighted by molar-refractivity contribution is 6.02. The average Bonchev–Trinajstić information content (AvgIpc) is 3.12. The van der Waals surface area contributed by atoms with Gasteiger partial charge in [0.2, 0.25) is 0 Å². The molecule has 0 saturated heterocycles. The molecule has 1 saturated carbocycles. The summed E-state index contributed by atoms with van der Waals surface area (Å²) in [6, 6.07) is 12.2. The first kappa shape index (κ1) is 9.40. The summed E-state index contributed by atoms with van der Waals surface area (Å²) in [5.41, 5.74) is 0.838. The number of nitrogens with zero attached hydrogens (tertiary/aromatic N) is 1. The van der Waals surface area contributed by atoms with E-state index < -0.39 is 0 Å². The minimum absolute atomic E-state index is 0.308. The summed E-state index contributed by atoms with van der Waals surface area (Å²) < 4.78 is 0. The lowest BCUT2D eigenvalue weighted by Gasteiger charge is -2.04. The maximum atomic E-state index is 9.85. The van der Waals surface area contributed by atoms with Crippen molar-refractivity contribution in [3.8, 4) is 5.75 Å². The first-order valence-electron chi connectivity index (χ1n) is 5.58. The zero-order valence-electron chi connectivity index (χ0n) is 8.93. The second-order valence-electron chi connectivity index (χ2n) is 4.23. The number of benzene rings is 2. The Morgan fingerprint density at radius 3 is 2.75 bits per heavy atom. The lowest BCUT2D eigenvalue weighted by Crippen LogP contribution is -1.87. The number of aliphatic imine (C=N–C) groups is 1. The predicted octanol–water partition coefficient (Wildman–Crippen LogP) is 3.13. The molecule has 2 heteroatoms. The maximum absolute atomic E-state index is 9.85. The number of hydrogen-bond acceptors (Lipinski definition) is 2. The average molecular weight is 211 g/mol. The van der Waals surface area contributed by atoms with Gasteiger partial charge in [-0.3, -0.25) is 4.99 Å². The third-order valence-electron chi connectivity index (χ3n) is 2.91. The number of rotatable bonds is 2. The molecule has 0 aliphatic heterocycles. The van der Waals surface area contributed by atoms with E-state index in [2.05, 4.69) is 4.99 Å². The first-order valence-corrected chi connectivity index (χ1v) is 5.58. The van der Waals surface area contributed by atoms with Gasteiger partial charge in [0.25, 0.3) is 0 Å². The van der Waals surface area contributed by atoms with Crippen molar-refractivity contribution >= 4 is 17.0 Å². The van der Waals surface area contributed by atoms with E-state index in [9.17, 15) is 5.11 Å². The molecule has 0 heterocycles. The van der Waals surface area contributed by atoms with Crippen molar-refractivity contribution in [2.24, 2.45) is 4.99 Å². The Kier molecular flexibility index (Phi) is 2.13. The van der Waals surface area contributed by atoms with E-state index in [-0.39, 0.29) is 0 Å². The van der Waals surface area contributed by atoms with Gasteiger partial charge < -0.3 is 5.11 Å². The van der Waals surface area contributed by atoms with Crippen LogP contribution in [-0.2, 0) is 0 Å². The molecule has 80 valence electrons. The zero-order valence-corrected chi connectivity index (χ0v) is 8.93. The van der Waals surface area contributed by atoms with E-state index in [1.54, 1.807) is 6.07 Å². The van der Waals surface area contributed by atoms with Gasteiger partial charge in [0.05, 0.1) is 6.04 Å². The van der Waals surface area contributed by atoms with E-state index in [4.69, 9.17) is 0 Å². The van der Waals surface area contributed by atoms with Gasteiger partial charge in [0, 0.05) is 11.8 Å². The van der Waals surface area contributed by atoms with Gasteiger partial charge in [0.1, 0.15) is 5.75 Å². The molecule has 0 spiro atoms. The topological polar surface area (TPSA) is 32.6 Å². The third-order valence-corrected chi connectivity index (χ3v) is 2.91. The number of aromatic hydroxyl groups is 1. The van der Waals surface area contributed by atoms with Crippen molar-refractivity contribution in [2.45, 2.75) is 18.9 Å². The molecule has 16 heavy (non-hydrogen) atoms. The fraction of sp³-hybridized carbons (Fsp3) is 0.214. The van der Waals surface area contributed by atoms with E-state index in [1.807, 2.05) is 36.5 Å². The maximum Gasteiger partial charge on any atom is 0.124 e. The van der Waals surface area contributed by atoms with Gasteiger partial charge in [-0.2, -0.15) is 0 Å². The predicted molar refractivity (Wildman–Crippen MR) is 66.2 cm³/mol. The van der Waals surface area contributed by atoms with Crippen LogP contribution in [0.5, 0.6) is 5.75 Å². The number of fused-ring (bicyclic) bond motifs is 1. The van der Waals surface area contributed by atoms with Gasteiger partial charge in [-0.25, -0.2) is 0 Å². The Morgan fingerprint density at radius 2 is 1.94 bits per heavy atom. The summed E-state index contributed by atoms with van der Waals surface area (Å²) in [7, 11) is 0. The van der Waals surface area contributed by atoms with Crippen LogP contribution < -0.4 is 0 Å². The summed E-state index contributed by atoms with van der Waals surface area (Å²) >= 11 is 0. The van der Waals surface area contributed by atoms with Crippen LogP contribution in [0.2, 0.25) is 0 Å². The summed E-state index contributed by atoms with van der Waals surface area (Å²) in [5.74, 6) is 0.308. The van der Waals surface area contributed by atoms with Crippen molar-refractivity contribution in [3.63, 3.8) is 0 Å². The molecular formula is C14H13NO. The first-order chi connectivity index (χ1) is 7.84. The molecule has 1 N–H and O–H groups in total. The van der Waals surface area contributed by atoms with Crippen molar-refractivity contribution < 1.29 is 5.11 Å². The largest absolute Gasteiger partial charge is 0.507 e. The summed E-state index contributed by atoms with van der Waals surface area (Å²) in [6.07, 6.45) is 4.18. The molecule has 0 aromatic heterocycles. The van der Waals surface area contributed by atoms with Gasteiger partial charge in [-0.15, -0.1) is 0 Å². The van der Waals surface area contributed by atoms with E-state index in [0.29, 0.717) is 11.8 Å². The highest BCUT2D eigenvalue weighted by Crippen LogP contribution is 2.27.